The molecule has 9 heteroatoms. The Balaban J connectivity index is 1.93. The fraction of sp³-hybridized carbons (Fsp3) is 0.350. The van der Waals surface area contributed by atoms with E-state index in [2.05, 4.69) is 16.6 Å². The molecule has 3 rings (SSSR count). The Hall–Kier alpha value is -2.23. The summed E-state index contributed by atoms with van der Waals surface area (Å²) in [6, 6.07) is 11.0. The van der Waals surface area contributed by atoms with Crippen molar-refractivity contribution in [2.45, 2.75) is 37.4 Å². The van der Waals surface area contributed by atoms with Gasteiger partial charge in [0, 0.05) is 12.0 Å². The van der Waals surface area contributed by atoms with Crippen molar-refractivity contribution in [2.75, 3.05) is 12.9 Å². The molecular weight excluding hydrogens is 405 g/mol. The Morgan fingerprint density at radius 2 is 1.90 bits per heavy atom. The first kappa shape index (κ1) is 21.5. The summed E-state index contributed by atoms with van der Waals surface area (Å²) in [7, 11) is 1.54. The molecule has 29 heavy (non-hydrogen) atoms. The Morgan fingerprint density at radius 1 is 1.17 bits per heavy atom. The van der Waals surface area contributed by atoms with Gasteiger partial charge in [-0.05, 0) is 48.1 Å². The summed E-state index contributed by atoms with van der Waals surface area (Å²) in [5.74, 6) is 0.993. The molecule has 0 fully saturated rings. The van der Waals surface area contributed by atoms with Gasteiger partial charge in [-0.1, -0.05) is 19.1 Å². The van der Waals surface area contributed by atoms with Crippen molar-refractivity contribution in [1.82, 2.24) is 9.55 Å². The third kappa shape index (κ3) is 5.23. The lowest BCUT2D eigenvalue weighted by molar-refractivity contribution is -0.274. The summed E-state index contributed by atoms with van der Waals surface area (Å²) in [5, 5.41) is 10.8. The average Bonchev–Trinajstić information content (AvgIpc) is 3.03. The molecule has 3 aromatic rings. The van der Waals surface area contributed by atoms with E-state index in [4.69, 9.17) is 4.74 Å². The number of thioether (sulfide) groups is 1. The SMILES string of the molecule is CCCSc1ccc2c(c1)nc(C(O)c1ccc(OC(F)(F)F)cc1)n2COC. The Morgan fingerprint density at radius 3 is 2.52 bits per heavy atom. The van der Waals surface area contributed by atoms with E-state index in [1.807, 2.05) is 18.2 Å². The van der Waals surface area contributed by atoms with Crippen LogP contribution in [0.15, 0.2) is 47.4 Å². The maximum atomic E-state index is 12.3. The quantitative estimate of drug-likeness (QED) is 0.507. The zero-order valence-electron chi connectivity index (χ0n) is 15.9. The number of alkyl halides is 3. The van der Waals surface area contributed by atoms with Crippen molar-refractivity contribution < 1.29 is 27.8 Å². The number of ether oxygens (including phenoxy) is 2. The van der Waals surface area contributed by atoms with E-state index in [1.165, 1.54) is 19.2 Å². The molecule has 0 bridgehead atoms. The number of rotatable bonds is 8. The summed E-state index contributed by atoms with van der Waals surface area (Å²) >= 11 is 1.73. The molecule has 1 aromatic heterocycles. The number of hydrogen-bond donors (Lipinski definition) is 1. The number of hydrogen-bond acceptors (Lipinski definition) is 5. The van der Waals surface area contributed by atoms with Gasteiger partial charge in [0.1, 0.15) is 24.4 Å². The molecule has 0 spiro atoms. The maximum absolute atomic E-state index is 12.3. The smallest absolute Gasteiger partial charge is 0.406 e. The monoisotopic (exact) mass is 426 g/mol. The first-order valence-electron chi connectivity index (χ1n) is 8.98. The topological polar surface area (TPSA) is 56.5 Å². The molecule has 0 amide bonds. The van der Waals surface area contributed by atoms with Crippen LogP contribution >= 0.6 is 11.8 Å². The number of halogens is 3. The number of methoxy groups -OCH3 is 1. The normalized spacial score (nSPS) is 13.0. The molecule has 0 aliphatic rings. The lowest BCUT2D eigenvalue weighted by Crippen LogP contribution is -2.17. The molecule has 1 N–H and O–H groups in total. The molecule has 1 atom stereocenters. The second-order valence-corrected chi connectivity index (χ2v) is 7.50. The molecular formula is C20H21F3N2O3S. The zero-order valence-corrected chi connectivity index (χ0v) is 16.8. The molecule has 1 heterocycles. The minimum atomic E-state index is -4.76. The molecule has 0 radical (unpaired) electrons. The number of nitrogens with zero attached hydrogens (tertiary/aromatic N) is 2. The van der Waals surface area contributed by atoms with Crippen LogP contribution in [0.25, 0.3) is 11.0 Å². The van der Waals surface area contributed by atoms with E-state index in [9.17, 15) is 18.3 Å². The van der Waals surface area contributed by atoms with Crippen molar-refractivity contribution in [3.63, 3.8) is 0 Å². The molecule has 1 unspecified atom stereocenters. The number of aliphatic hydroxyl groups excluding tert-OH is 1. The van der Waals surface area contributed by atoms with Gasteiger partial charge in [-0.3, -0.25) is 0 Å². The minimum absolute atomic E-state index is 0.180. The van der Waals surface area contributed by atoms with Gasteiger partial charge >= 0.3 is 6.36 Å². The molecule has 5 nitrogen and oxygen atoms in total. The van der Waals surface area contributed by atoms with Crippen LogP contribution in [0.2, 0.25) is 0 Å². The second kappa shape index (κ2) is 9.06. The Labute approximate surface area is 170 Å². The average molecular weight is 426 g/mol. The van der Waals surface area contributed by atoms with E-state index >= 15 is 0 Å². The molecule has 0 saturated heterocycles. The standard InChI is InChI=1S/C20H21F3N2O3S/c1-3-10-29-15-8-9-17-16(11-15)24-19(25(17)12-27-2)18(26)13-4-6-14(7-5-13)28-20(21,22)23/h4-9,11,18,26H,3,10,12H2,1-2H3. The second-order valence-electron chi connectivity index (χ2n) is 6.33. The van der Waals surface area contributed by atoms with Crippen molar-refractivity contribution in [3.05, 3.63) is 53.9 Å². The maximum Gasteiger partial charge on any atom is 0.573 e. The third-order valence-corrected chi connectivity index (χ3v) is 5.35. The van der Waals surface area contributed by atoms with Gasteiger partial charge in [0.2, 0.25) is 0 Å². The van der Waals surface area contributed by atoms with E-state index in [0.717, 1.165) is 34.7 Å². The number of fused-ring (bicyclic) bond motifs is 1. The highest BCUT2D eigenvalue weighted by atomic mass is 32.2. The van der Waals surface area contributed by atoms with Crippen molar-refractivity contribution >= 4 is 22.8 Å². The number of aliphatic hydroxyl groups is 1. The molecule has 156 valence electrons. The molecule has 0 aliphatic carbocycles. The van der Waals surface area contributed by atoms with Gasteiger partial charge in [-0.25, -0.2) is 4.98 Å². The summed E-state index contributed by atoms with van der Waals surface area (Å²) in [4.78, 5) is 5.65. The fourth-order valence-electron chi connectivity index (χ4n) is 2.91. The number of imidazole rings is 1. The highest BCUT2D eigenvalue weighted by Crippen LogP contribution is 2.30. The van der Waals surface area contributed by atoms with Crippen LogP contribution in [-0.2, 0) is 11.5 Å². The van der Waals surface area contributed by atoms with Gasteiger partial charge in [0.25, 0.3) is 0 Å². The molecule has 2 aromatic carbocycles. The number of benzene rings is 2. The van der Waals surface area contributed by atoms with Gasteiger partial charge in [0.15, 0.2) is 0 Å². The van der Waals surface area contributed by atoms with E-state index in [1.54, 1.807) is 16.3 Å². The fourth-order valence-corrected chi connectivity index (χ4v) is 3.71. The number of aromatic nitrogens is 2. The Kier molecular flexibility index (Phi) is 6.71. The van der Waals surface area contributed by atoms with Crippen molar-refractivity contribution in [2.24, 2.45) is 0 Å². The Bertz CT molecular complexity index is 958. The largest absolute Gasteiger partial charge is 0.573 e. The van der Waals surface area contributed by atoms with Crippen LogP contribution < -0.4 is 4.74 Å². The van der Waals surface area contributed by atoms with E-state index in [-0.39, 0.29) is 12.5 Å². The predicted molar refractivity (Wildman–Crippen MR) is 105 cm³/mol. The predicted octanol–water partition coefficient (Wildman–Crippen LogP) is 5.12. The van der Waals surface area contributed by atoms with Crippen LogP contribution in [0.5, 0.6) is 5.75 Å². The highest BCUT2D eigenvalue weighted by Gasteiger charge is 2.31. The molecule has 0 saturated carbocycles. The lowest BCUT2D eigenvalue weighted by Gasteiger charge is -2.14. The summed E-state index contributed by atoms with van der Waals surface area (Å²) < 4.78 is 47.9. The third-order valence-electron chi connectivity index (χ3n) is 4.15. The lowest BCUT2D eigenvalue weighted by atomic mass is 10.1. The van der Waals surface area contributed by atoms with Crippen molar-refractivity contribution in [1.29, 1.82) is 0 Å². The summed E-state index contributed by atoms with van der Waals surface area (Å²) in [6.07, 6.45) is -4.84. The minimum Gasteiger partial charge on any atom is -0.406 e. The highest BCUT2D eigenvalue weighted by molar-refractivity contribution is 7.99. The van der Waals surface area contributed by atoms with E-state index in [0.29, 0.717) is 16.9 Å². The van der Waals surface area contributed by atoms with Gasteiger partial charge in [-0.2, -0.15) is 0 Å². The van der Waals surface area contributed by atoms with Crippen molar-refractivity contribution in [3.8, 4) is 5.75 Å². The zero-order chi connectivity index (χ0) is 21.0. The van der Waals surface area contributed by atoms with Crippen LogP contribution in [0, 0.1) is 0 Å². The summed E-state index contributed by atoms with van der Waals surface area (Å²) in [6.45, 7) is 2.29. The van der Waals surface area contributed by atoms with E-state index < -0.39 is 12.5 Å². The van der Waals surface area contributed by atoms with Gasteiger partial charge < -0.3 is 19.1 Å². The van der Waals surface area contributed by atoms with Crippen LogP contribution in [0.4, 0.5) is 13.2 Å². The first-order valence-corrected chi connectivity index (χ1v) is 9.96. The van der Waals surface area contributed by atoms with Crippen LogP contribution in [-0.4, -0.2) is 33.9 Å². The first-order chi connectivity index (χ1) is 13.8. The van der Waals surface area contributed by atoms with Gasteiger partial charge in [-0.15, -0.1) is 24.9 Å². The van der Waals surface area contributed by atoms with Crippen LogP contribution in [0.3, 0.4) is 0 Å². The van der Waals surface area contributed by atoms with Gasteiger partial charge in [0.05, 0.1) is 11.0 Å². The summed E-state index contributed by atoms with van der Waals surface area (Å²) in [5.41, 5.74) is 1.92. The van der Waals surface area contributed by atoms with Crippen LogP contribution in [0.1, 0.15) is 30.8 Å². The molecule has 0 aliphatic heterocycles.